The number of likely N-dealkylation sites (N-methyl/N-ethyl adjacent to an activating group) is 2. The molecule has 15 heteroatoms. The molecule has 2 aromatic carbocycles. The Morgan fingerprint density at radius 1 is 0.982 bits per heavy atom. The van der Waals surface area contributed by atoms with Gasteiger partial charge in [-0.05, 0) is 70.4 Å². The third kappa shape index (κ3) is 6.06. The van der Waals surface area contributed by atoms with Crippen LogP contribution in [0.15, 0.2) is 69.9 Å². The number of ketones is 2. The molecule has 1 amide bonds. The first-order valence-corrected chi connectivity index (χ1v) is 17.8. The van der Waals surface area contributed by atoms with E-state index < -0.39 is 74.8 Å². The summed E-state index contributed by atoms with van der Waals surface area (Å²) in [4.78, 5) is 48.6. The van der Waals surface area contributed by atoms with Crippen LogP contribution in [0.3, 0.4) is 0 Å². The van der Waals surface area contributed by atoms with Crippen LogP contribution in [-0.2, 0) is 33.9 Å². The second-order valence-corrected chi connectivity index (χ2v) is 15.6. The number of furan rings is 1. The Hall–Kier alpha value is -5.50. The lowest BCUT2D eigenvalue weighted by atomic mass is 9.47. The number of aliphatic hydroxyl groups excluding tert-OH is 2. The number of aliphatic hydroxyl groups is 2. The molecule has 55 heavy (non-hydrogen) atoms. The second kappa shape index (κ2) is 14.0. The lowest BCUT2D eigenvalue weighted by Gasteiger charge is -2.58. The highest BCUT2D eigenvalue weighted by molar-refractivity contribution is 6.25. The van der Waals surface area contributed by atoms with Gasteiger partial charge in [-0.25, -0.2) is 0 Å². The number of aromatic hydroxyl groups is 1. The molecule has 0 radical (unpaired) electrons. The zero-order valence-corrected chi connectivity index (χ0v) is 31.9. The number of benzene rings is 2. The van der Waals surface area contributed by atoms with E-state index in [9.17, 15) is 35.0 Å². The highest BCUT2D eigenvalue weighted by Crippen LogP contribution is 2.59. The van der Waals surface area contributed by atoms with E-state index in [4.69, 9.17) is 21.6 Å². The summed E-state index contributed by atoms with van der Waals surface area (Å²) < 4.78 is 6.34. The van der Waals surface area contributed by atoms with E-state index in [1.165, 1.54) is 19.0 Å². The molecule has 0 aliphatic heterocycles. The first kappa shape index (κ1) is 39.2. The monoisotopic (exact) mass is 752 g/mol. The van der Waals surface area contributed by atoms with Gasteiger partial charge in [0, 0.05) is 39.4 Å². The summed E-state index contributed by atoms with van der Waals surface area (Å²) in [6.07, 6.45) is -0.631. The van der Waals surface area contributed by atoms with Crippen molar-refractivity contribution in [3.8, 4) is 23.1 Å². The van der Waals surface area contributed by atoms with E-state index >= 15 is 0 Å². The smallest absolute Gasteiger partial charge is 0.255 e. The Balaban J connectivity index is 1.49. The lowest BCUT2D eigenvalue weighted by molar-refractivity contribution is -0.139. The number of phenols is 1. The van der Waals surface area contributed by atoms with E-state index in [0.29, 0.717) is 35.9 Å². The average Bonchev–Trinajstić information content (AvgIpc) is 3.54. The van der Waals surface area contributed by atoms with Crippen LogP contribution in [0.2, 0.25) is 0 Å². The van der Waals surface area contributed by atoms with Gasteiger partial charge in [0.2, 0.25) is 0 Å². The third-order valence-corrected chi connectivity index (χ3v) is 11.1. The molecule has 1 aromatic heterocycles. The Kier molecular flexibility index (Phi) is 9.96. The van der Waals surface area contributed by atoms with Crippen LogP contribution in [0.5, 0.6) is 5.75 Å². The van der Waals surface area contributed by atoms with Crippen molar-refractivity contribution in [1.29, 1.82) is 5.26 Å². The molecule has 3 aromatic rings. The van der Waals surface area contributed by atoms with Crippen molar-refractivity contribution in [3.63, 3.8) is 0 Å². The van der Waals surface area contributed by atoms with Crippen molar-refractivity contribution in [3.05, 3.63) is 87.9 Å². The molecule has 9 N–H and O–H groups in total. The molecule has 0 bridgehead atoms. The minimum atomic E-state index is -2.75. The Labute approximate surface area is 319 Å². The quantitative estimate of drug-likeness (QED) is 0.153. The predicted octanol–water partition coefficient (Wildman–Crippen LogP) is 1.80. The van der Waals surface area contributed by atoms with E-state index in [-0.39, 0.29) is 17.5 Å². The summed E-state index contributed by atoms with van der Waals surface area (Å²) >= 11 is 0. The Morgan fingerprint density at radius 2 is 1.65 bits per heavy atom. The Morgan fingerprint density at radius 3 is 2.24 bits per heavy atom. The van der Waals surface area contributed by atoms with Crippen molar-refractivity contribution in [2.75, 3.05) is 60.3 Å². The number of primary amides is 1. The highest BCUT2D eigenvalue weighted by atomic mass is 16.3. The molecule has 3 aliphatic carbocycles. The van der Waals surface area contributed by atoms with E-state index in [0.717, 1.165) is 18.7 Å². The van der Waals surface area contributed by atoms with Gasteiger partial charge in [0.25, 0.3) is 5.91 Å². The maximum atomic E-state index is 14.9. The van der Waals surface area contributed by atoms with Gasteiger partial charge in [0.1, 0.15) is 34.4 Å². The number of nitrogens with zero attached hydrogens (tertiary/aromatic N) is 5. The Bertz CT molecular complexity index is 2190. The van der Waals surface area contributed by atoms with E-state index in [2.05, 4.69) is 21.9 Å². The number of nitriles is 1. The standard InChI is InChI=1S/C40H48N8O7/c1-45(2)14-15-48(18-22-10-8-7-9-11-22)19-23-12-13-27(55-23)24-16-26(46(3)4)25-17-38(43)20-40(44)34(47(5)6)33(51)29(37(42)54)35(52)39(40,21-41)36(53)30(38)32(50)28(25)31(24)49/h7-13,16,34,49-50,52H,14-15,17-20,43-44H2,1-6H3,(H2,42,54)/t34-,38-,39+,40-/m1/s1. The molecule has 1 heterocycles. The molecular weight excluding hydrogens is 704 g/mol. The van der Waals surface area contributed by atoms with Crippen molar-refractivity contribution < 1.29 is 34.1 Å². The van der Waals surface area contributed by atoms with Gasteiger partial charge in [-0.2, -0.15) is 5.26 Å². The van der Waals surface area contributed by atoms with Gasteiger partial charge < -0.3 is 46.7 Å². The van der Waals surface area contributed by atoms with Crippen LogP contribution in [-0.4, -0.2) is 120 Å². The molecule has 3 aliphatic rings. The molecule has 290 valence electrons. The molecule has 0 unspecified atom stereocenters. The number of anilines is 1. The summed E-state index contributed by atoms with van der Waals surface area (Å²) in [6, 6.07) is 15.6. The number of Topliss-reactive ketones (excluding diaryl/α,β-unsaturated/α-hetero) is 2. The van der Waals surface area contributed by atoms with Gasteiger partial charge in [0.05, 0.1) is 46.4 Å². The zero-order valence-electron chi connectivity index (χ0n) is 31.9. The topological polar surface area (TPSA) is 240 Å². The van der Waals surface area contributed by atoms with Gasteiger partial charge in [-0.15, -0.1) is 0 Å². The van der Waals surface area contributed by atoms with Crippen LogP contribution in [0, 0.1) is 16.7 Å². The lowest BCUT2D eigenvalue weighted by Crippen LogP contribution is -2.80. The summed E-state index contributed by atoms with van der Waals surface area (Å²) in [5, 5.41) is 46.4. The van der Waals surface area contributed by atoms with Crippen molar-refractivity contribution >= 4 is 28.9 Å². The fraction of sp³-hybridized carbons (Fsp3) is 0.400. The van der Waals surface area contributed by atoms with Gasteiger partial charge in [-0.1, -0.05) is 30.3 Å². The van der Waals surface area contributed by atoms with E-state index in [1.807, 2.05) is 44.4 Å². The SMILES string of the molecule is CN(C)CCN(Cc1ccccc1)Cc1ccc(-c2cc(N(C)C)c3c(c2O)C(O)=C2C(=O)[C@]4(C#N)C(O)=C(C(N)=O)C(=O)[C@@H](N(C)C)[C@]4(N)C[C@]2(N)C3)o1. The first-order valence-electron chi connectivity index (χ1n) is 17.8. The molecule has 0 spiro atoms. The van der Waals surface area contributed by atoms with Crippen molar-refractivity contribution in [2.24, 2.45) is 22.6 Å². The summed E-state index contributed by atoms with van der Waals surface area (Å²) in [5.41, 5.74) is 13.5. The number of carbonyl (C=O) groups excluding carboxylic acids is 3. The van der Waals surface area contributed by atoms with Crippen LogP contribution < -0.4 is 22.1 Å². The van der Waals surface area contributed by atoms with Crippen LogP contribution >= 0.6 is 0 Å². The highest BCUT2D eigenvalue weighted by Gasteiger charge is 2.74. The fourth-order valence-corrected chi connectivity index (χ4v) is 8.69. The number of nitrogens with two attached hydrogens (primary N) is 3. The normalized spacial score (nSPS) is 24.9. The average molecular weight is 753 g/mol. The first-order chi connectivity index (χ1) is 25.8. The molecule has 6 rings (SSSR count). The summed E-state index contributed by atoms with van der Waals surface area (Å²) in [5.74, 6) is -4.95. The fourth-order valence-electron chi connectivity index (χ4n) is 8.69. The number of fused-ring (bicyclic) bond motifs is 3. The molecule has 0 saturated heterocycles. The maximum absolute atomic E-state index is 14.9. The zero-order chi connectivity index (χ0) is 40.4. The number of phenolic OH excluding ortho intramolecular Hbond substituents is 1. The molecular formula is C40H48N8O7. The second-order valence-electron chi connectivity index (χ2n) is 15.6. The number of hydrogen-bond acceptors (Lipinski definition) is 14. The van der Waals surface area contributed by atoms with Crippen LogP contribution in [0.25, 0.3) is 17.1 Å². The van der Waals surface area contributed by atoms with Crippen molar-refractivity contribution in [1.82, 2.24) is 14.7 Å². The van der Waals surface area contributed by atoms with Crippen molar-refractivity contribution in [2.45, 2.75) is 43.1 Å². The van der Waals surface area contributed by atoms with Crippen LogP contribution in [0.4, 0.5) is 5.69 Å². The van der Waals surface area contributed by atoms with Gasteiger partial charge in [-0.3, -0.25) is 24.2 Å². The number of hydrogen-bond donors (Lipinski definition) is 6. The minimum Gasteiger partial charge on any atom is -0.509 e. The molecule has 4 atom stereocenters. The largest absolute Gasteiger partial charge is 0.509 e. The third-order valence-electron chi connectivity index (χ3n) is 11.1. The number of amides is 1. The minimum absolute atomic E-state index is 0.118. The number of carbonyl (C=O) groups is 3. The van der Waals surface area contributed by atoms with Gasteiger partial charge >= 0.3 is 0 Å². The predicted molar refractivity (Wildman–Crippen MR) is 205 cm³/mol. The molecule has 15 nitrogen and oxygen atoms in total. The molecule has 1 fully saturated rings. The molecule has 1 saturated carbocycles. The summed E-state index contributed by atoms with van der Waals surface area (Å²) in [7, 11) is 10.5. The van der Waals surface area contributed by atoms with E-state index in [1.54, 1.807) is 31.1 Å². The maximum Gasteiger partial charge on any atom is 0.255 e. The van der Waals surface area contributed by atoms with Gasteiger partial charge in [0.15, 0.2) is 17.0 Å². The summed E-state index contributed by atoms with van der Waals surface area (Å²) in [6.45, 7) is 2.72. The van der Waals surface area contributed by atoms with Crippen LogP contribution in [0.1, 0.15) is 28.9 Å². The number of rotatable bonds is 11.